The molecule has 8 heteroatoms. The predicted molar refractivity (Wildman–Crippen MR) is 123 cm³/mol. The van der Waals surface area contributed by atoms with Gasteiger partial charge in [0.1, 0.15) is 21.2 Å². The number of benzene rings is 1. The van der Waals surface area contributed by atoms with Crippen LogP contribution >= 0.6 is 24.0 Å². The van der Waals surface area contributed by atoms with Crippen molar-refractivity contribution in [1.29, 1.82) is 0 Å². The molecule has 0 spiro atoms. The van der Waals surface area contributed by atoms with Gasteiger partial charge in [0.25, 0.3) is 0 Å². The summed E-state index contributed by atoms with van der Waals surface area (Å²) in [5.41, 5.74) is 0.722. The molecule has 0 bridgehead atoms. The molecule has 0 radical (unpaired) electrons. The minimum Gasteiger partial charge on any atom is -0.459 e. The van der Waals surface area contributed by atoms with Gasteiger partial charge < -0.3 is 14.6 Å². The minimum absolute atomic E-state index is 0. The molecule has 0 aliphatic carbocycles. The predicted octanol–water partition coefficient (Wildman–Crippen LogP) is 3.52. The largest absolute Gasteiger partial charge is 0.459 e. The summed E-state index contributed by atoms with van der Waals surface area (Å²) in [5.74, 6) is 1.81. The van der Waals surface area contributed by atoms with Gasteiger partial charge in [0.15, 0.2) is 5.96 Å². The van der Waals surface area contributed by atoms with E-state index in [-0.39, 0.29) is 35.1 Å². The van der Waals surface area contributed by atoms with Crippen LogP contribution in [0.25, 0.3) is 11.0 Å². The summed E-state index contributed by atoms with van der Waals surface area (Å²) >= 11 is 0. The van der Waals surface area contributed by atoms with Crippen molar-refractivity contribution in [2.45, 2.75) is 26.8 Å². The van der Waals surface area contributed by atoms with E-state index in [2.05, 4.69) is 24.2 Å². The van der Waals surface area contributed by atoms with E-state index in [0.29, 0.717) is 19.5 Å². The second kappa shape index (κ2) is 9.77. The average molecular weight is 507 g/mol. The lowest BCUT2D eigenvalue weighted by atomic mass is 9.90. The summed E-state index contributed by atoms with van der Waals surface area (Å²) in [5, 5.41) is 4.42. The van der Waals surface area contributed by atoms with Crippen molar-refractivity contribution >= 4 is 50.7 Å². The molecule has 0 aliphatic rings. The van der Waals surface area contributed by atoms with Crippen molar-refractivity contribution in [2.24, 2.45) is 10.4 Å². The zero-order chi connectivity index (χ0) is 19.4. The van der Waals surface area contributed by atoms with Crippen LogP contribution < -0.4 is 5.32 Å². The zero-order valence-electron chi connectivity index (χ0n) is 16.7. The molecule has 2 rings (SSSR count). The zero-order valence-corrected chi connectivity index (χ0v) is 19.8. The number of furan rings is 1. The monoisotopic (exact) mass is 507 g/mol. The van der Waals surface area contributed by atoms with Gasteiger partial charge in [-0.1, -0.05) is 32.0 Å². The second-order valence-corrected chi connectivity index (χ2v) is 9.81. The van der Waals surface area contributed by atoms with Crippen LogP contribution in [0, 0.1) is 5.41 Å². The molecule has 1 aromatic carbocycles. The quantitative estimate of drug-likeness (QED) is 0.353. The highest BCUT2D eigenvalue weighted by molar-refractivity contribution is 14.0. The first-order valence-corrected chi connectivity index (χ1v) is 10.7. The number of hydrogen-bond acceptors (Lipinski definition) is 4. The third kappa shape index (κ3) is 7.69. The lowest BCUT2D eigenvalue weighted by Crippen LogP contribution is -2.43. The van der Waals surface area contributed by atoms with Gasteiger partial charge in [-0.15, -0.1) is 24.0 Å². The highest BCUT2D eigenvalue weighted by Gasteiger charge is 2.21. The first-order valence-electron chi connectivity index (χ1n) is 8.67. The van der Waals surface area contributed by atoms with E-state index in [1.807, 2.05) is 42.3 Å². The molecule has 0 saturated carbocycles. The molecule has 27 heavy (non-hydrogen) atoms. The van der Waals surface area contributed by atoms with Crippen LogP contribution in [0.15, 0.2) is 39.7 Å². The van der Waals surface area contributed by atoms with Crippen molar-refractivity contribution in [1.82, 2.24) is 10.2 Å². The fraction of sp³-hybridized carbons (Fsp3) is 0.526. The fourth-order valence-corrected chi connectivity index (χ4v) is 3.60. The molecule has 152 valence electrons. The molecule has 0 saturated heterocycles. The number of nitrogens with zero attached hydrogens (tertiary/aromatic N) is 2. The number of para-hydroxylation sites is 1. The Labute approximate surface area is 179 Å². The van der Waals surface area contributed by atoms with Crippen LogP contribution in [0.5, 0.6) is 0 Å². The molecule has 0 unspecified atom stereocenters. The Bertz CT molecular complexity index is 842. The molecule has 0 atom stereocenters. The van der Waals surface area contributed by atoms with Crippen LogP contribution in [0.3, 0.4) is 0 Å². The topological polar surface area (TPSA) is 74.9 Å². The van der Waals surface area contributed by atoms with Gasteiger partial charge in [0, 0.05) is 32.3 Å². The lowest BCUT2D eigenvalue weighted by molar-refractivity contribution is 0.337. The van der Waals surface area contributed by atoms with E-state index >= 15 is 0 Å². The first-order chi connectivity index (χ1) is 12.1. The number of fused-ring (bicyclic) bond motifs is 1. The van der Waals surface area contributed by atoms with E-state index in [4.69, 9.17) is 4.42 Å². The van der Waals surface area contributed by atoms with Crippen LogP contribution in [0.2, 0.25) is 0 Å². The van der Waals surface area contributed by atoms with Gasteiger partial charge in [-0.3, -0.25) is 4.99 Å². The van der Waals surface area contributed by atoms with E-state index in [1.165, 1.54) is 6.26 Å². The van der Waals surface area contributed by atoms with Gasteiger partial charge in [-0.25, -0.2) is 8.42 Å². The van der Waals surface area contributed by atoms with E-state index in [9.17, 15) is 8.42 Å². The van der Waals surface area contributed by atoms with Crippen molar-refractivity contribution in [3.63, 3.8) is 0 Å². The van der Waals surface area contributed by atoms with Gasteiger partial charge in [-0.2, -0.15) is 0 Å². The van der Waals surface area contributed by atoms with Crippen molar-refractivity contribution in [3.05, 3.63) is 36.1 Å². The van der Waals surface area contributed by atoms with Crippen LogP contribution in [0.1, 0.15) is 26.0 Å². The normalized spacial score (nSPS) is 12.7. The Morgan fingerprint density at radius 1 is 1.30 bits per heavy atom. The standard InChI is InChI=1S/C19H29N3O3S.HI/c1-19(2,10-11-26(5,23)24)14-21-18(20-3)22(4)13-16-12-15-8-6-7-9-17(15)25-16;/h6-9,12H,10-11,13-14H2,1-5H3,(H,20,21);1H. The van der Waals surface area contributed by atoms with Crippen molar-refractivity contribution in [3.8, 4) is 0 Å². The number of sulfone groups is 1. The van der Waals surface area contributed by atoms with E-state index in [1.54, 1.807) is 7.05 Å². The van der Waals surface area contributed by atoms with Gasteiger partial charge >= 0.3 is 0 Å². The number of aliphatic imine (C=N–C) groups is 1. The van der Waals surface area contributed by atoms with Crippen LogP contribution in [0.4, 0.5) is 0 Å². The Morgan fingerprint density at radius 2 is 1.96 bits per heavy atom. The molecule has 2 aromatic rings. The maximum absolute atomic E-state index is 11.4. The molecule has 0 fully saturated rings. The van der Waals surface area contributed by atoms with Gasteiger partial charge in [0.2, 0.25) is 0 Å². The summed E-state index contributed by atoms with van der Waals surface area (Å²) < 4.78 is 28.7. The van der Waals surface area contributed by atoms with Crippen LogP contribution in [-0.2, 0) is 16.4 Å². The molecule has 6 nitrogen and oxygen atoms in total. The SMILES string of the molecule is CN=C(NCC(C)(C)CCS(C)(=O)=O)N(C)Cc1cc2ccccc2o1.I. The Balaban J connectivity index is 0.00000364. The maximum atomic E-state index is 11.4. The fourth-order valence-electron chi connectivity index (χ4n) is 2.68. The minimum atomic E-state index is -2.95. The number of halogens is 1. The number of rotatable bonds is 7. The molecule has 0 aliphatic heterocycles. The highest BCUT2D eigenvalue weighted by Crippen LogP contribution is 2.21. The highest BCUT2D eigenvalue weighted by atomic mass is 127. The average Bonchev–Trinajstić information content (AvgIpc) is 2.95. The number of guanidine groups is 1. The Morgan fingerprint density at radius 3 is 2.56 bits per heavy atom. The second-order valence-electron chi connectivity index (χ2n) is 7.55. The van der Waals surface area contributed by atoms with E-state index < -0.39 is 9.84 Å². The third-order valence-electron chi connectivity index (χ3n) is 4.32. The van der Waals surface area contributed by atoms with Gasteiger partial charge in [0.05, 0.1) is 12.3 Å². The Kier molecular flexibility index (Phi) is 8.59. The molecule has 1 aromatic heterocycles. The summed E-state index contributed by atoms with van der Waals surface area (Å²) in [7, 11) is 0.735. The van der Waals surface area contributed by atoms with Crippen molar-refractivity contribution < 1.29 is 12.8 Å². The summed E-state index contributed by atoms with van der Waals surface area (Å²) in [4.78, 5) is 6.31. The lowest BCUT2D eigenvalue weighted by Gasteiger charge is -2.28. The summed E-state index contributed by atoms with van der Waals surface area (Å²) in [6.07, 6.45) is 1.87. The number of hydrogen-bond donors (Lipinski definition) is 1. The van der Waals surface area contributed by atoms with Crippen molar-refractivity contribution in [2.75, 3.05) is 32.6 Å². The molecular weight excluding hydrogens is 477 g/mol. The summed E-state index contributed by atoms with van der Waals surface area (Å²) in [6, 6.07) is 9.97. The van der Waals surface area contributed by atoms with Crippen LogP contribution in [-0.4, -0.2) is 51.9 Å². The summed E-state index contributed by atoms with van der Waals surface area (Å²) in [6.45, 7) is 5.34. The molecular formula is C19H30IN3O3S. The van der Waals surface area contributed by atoms with E-state index in [0.717, 1.165) is 22.7 Å². The smallest absolute Gasteiger partial charge is 0.193 e. The Hall–Kier alpha value is -1.29. The first kappa shape index (κ1) is 23.7. The maximum Gasteiger partial charge on any atom is 0.193 e. The third-order valence-corrected chi connectivity index (χ3v) is 5.26. The number of nitrogens with one attached hydrogen (secondary N) is 1. The molecule has 0 amide bonds. The van der Waals surface area contributed by atoms with Gasteiger partial charge in [-0.05, 0) is 24.0 Å². The molecule has 1 N–H and O–H groups in total. The molecule has 1 heterocycles.